The third-order valence-corrected chi connectivity index (χ3v) is 3.03. The van der Waals surface area contributed by atoms with Gasteiger partial charge in [0.25, 0.3) is 0 Å². The van der Waals surface area contributed by atoms with Crippen molar-refractivity contribution in [1.29, 1.82) is 0 Å². The monoisotopic (exact) mass is 276 g/mol. The zero-order valence-corrected chi connectivity index (χ0v) is 10.7. The predicted octanol–water partition coefficient (Wildman–Crippen LogP) is 3.52. The van der Waals surface area contributed by atoms with Crippen molar-refractivity contribution < 1.29 is 0 Å². The summed E-state index contributed by atoms with van der Waals surface area (Å²) in [6, 6.07) is 3.90. The van der Waals surface area contributed by atoms with E-state index in [0.717, 1.165) is 16.8 Å². The number of pyridine rings is 1. The van der Waals surface area contributed by atoms with E-state index in [9.17, 15) is 0 Å². The van der Waals surface area contributed by atoms with Gasteiger partial charge in [0, 0.05) is 23.1 Å². The number of alkyl halides is 1. The highest BCUT2D eigenvalue weighted by Gasteiger charge is 2.15. The Bertz CT molecular complexity index is 285. The van der Waals surface area contributed by atoms with Gasteiger partial charge in [-0.1, -0.05) is 13.8 Å². The summed E-state index contributed by atoms with van der Waals surface area (Å²) in [4.78, 5) is 4.21. The standard InChI is InChI=1S/C10H14BrClN2/c1-10(2,6-12)7-14-9-4-3-8(11)5-13-9/h3-5H,6-7H2,1-2H3,(H,13,14). The second-order valence-corrected chi connectivity index (χ2v) is 5.20. The van der Waals surface area contributed by atoms with E-state index >= 15 is 0 Å². The molecule has 0 unspecified atom stereocenters. The van der Waals surface area contributed by atoms with Crippen molar-refractivity contribution >= 4 is 33.3 Å². The second kappa shape index (κ2) is 4.99. The Labute approximate surface area is 98.2 Å². The number of anilines is 1. The van der Waals surface area contributed by atoms with Crippen molar-refractivity contribution in [3.05, 3.63) is 22.8 Å². The van der Waals surface area contributed by atoms with Crippen LogP contribution in [-0.2, 0) is 0 Å². The van der Waals surface area contributed by atoms with Gasteiger partial charge in [0.15, 0.2) is 0 Å². The lowest BCUT2D eigenvalue weighted by Crippen LogP contribution is -2.24. The van der Waals surface area contributed by atoms with E-state index in [4.69, 9.17) is 11.6 Å². The number of nitrogens with one attached hydrogen (secondary N) is 1. The largest absolute Gasteiger partial charge is 0.369 e. The number of aromatic nitrogens is 1. The molecule has 1 aromatic heterocycles. The maximum absolute atomic E-state index is 5.82. The Morgan fingerprint density at radius 2 is 2.21 bits per heavy atom. The Morgan fingerprint density at radius 3 is 2.71 bits per heavy atom. The molecule has 0 aromatic carbocycles. The van der Waals surface area contributed by atoms with Crippen molar-refractivity contribution in [2.75, 3.05) is 17.7 Å². The molecular formula is C10H14BrClN2. The van der Waals surface area contributed by atoms with Gasteiger partial charge in [0.05, 0.1) is 0 Å². The SMILES string of the molecule is CC(C)(CCl)CNc1ccc(Br)cn1. The molecule has 0 aliphatic heterocycles. The highest BCUT2D eigenvalue weighted by atomic mass is 79.9. The van der Waals surface area contributed by atoms with Gasteiger partial charge in [0.1, 0.15) is 5.82 Å². The number of rotatable bonds is 4. The van der Waals surface area contributed by atoms with Gasteiger partial charge >= 0.3 is 0 Å². The summed E-state index contributed by atoms with van der Waals surface area (Å²) in [5, 5.41) is 3.25. The van der Waals surface area contributed by atoms with Crippen LogP contribution in [0.5, 0.6) is 0 Å². The zero-order valence-electron chi connectivity index (χ0n) is 8.35. The van der Waals surface area contributed by atoms with Crippen molar-refractivity contribution in [2.45, 2.75) is 13.8 Å². The molecular weight excluding hydrogens is 263 g/mol. The number of halogens is 2. The lowest BCUT2D eigenvalue weighted by Gasteiger charge is -2.21. The summed E-state index contributed by atoms with van der Waals surface area (Å²) in [6.07, 6.45) is 1.77. The van der Waals surface area contributed by atoms with Gasteiger partial charge in [-0.3, -0.25) is 0 Å². The third kappa shape index (κ3) is 3.84. The molecule has 0 radical (unpaired) electrons. The van der Waals surface area contributed by atoms with Crippen molar-refractivity contribution in [3.8, 4) is 0 Å². The molecule has 2 nitrogen and oxygen atoms in total. The fourth-order valence-electron chi connectivity index (χ4n) is 0.857. The summed E-state index contributed by atoms with van der Waals surface area (Å²) in [6.45, 7) is 5.06. The molecule has 1 heterocycles. The molecule has 0 aliphatic rings. The Balaban J connectivity index is 2.50. The van der Waals surface area contributed by atoms with E-state index in [1.165, 1.54) is 0 Å². The molecule has 1 N–H and O–H groups in total. The van der Waals surface area contributed by atoms with Crippen LogP contribution < -0.4 is 5.32 Å². The van der Waals surface area contributed by atoms with Crippen LogP contribution >= 0.6 is 27.5 Å². The van der Waals surface area contributed by atoms with Gasteiger partial charge in [-0.2, -0.15) is 0 Å². The fourth-order valence-corrected chi connectivity index (χ4v) is 1.19. The van der Waals surface area contributed by atoms with Crippen LogP contribution in [0.2, 0.25) is 0 Å². The van der Waals surface area contributed by atoms with E-state index in [2.05, 4.69) is 40.1 Å². The molecule has 0 atom stereocenters. The molecule has 4 heteroatoms. The van der Waals surface area contributed by atoms with E-state index < -0.39 is 0 Å². The van der Waals surface area contributed by atoms with E-state index in [1.807, 2.05) is 12.1 Å². The maximum atomic E-state index is 5.82. The van der Waals surface area contributed by atoms with Gasteiger partial charge in [0.2, 0.25) is 0 Å². The normalized spacial score (nSPS) is 11.4. The Morgan fingerprint density at radius 1 is 1.50 bits per heavy atom. The van der Waals surface area contributed by atoms with Crippen molar-refractivity contribution in [3.63, 3.8) is 0 Å². The van der Waals surface area contributed by atoms with Crippen molar-refractivity contribution in [2.24, 2.45) is 5.41 Å². The summed E-state index contributed by atoms with van der Waals surface area (Å²) in [5.74, 6) is 1.52. The molecule has 1 rings (SSSR count). The van der Waals surface area contributed by atoms with E-state index in [-0.39, 0.29) is 5.41 Å². The minimum atomic E-state index is 0.0936. The van der Waals surface area contributed by atoms with Crippen LogP contribution in [0.25, 0.3) is 0 Å². The molecule has 0 fully saturated rings. The number of nitrogens with zero attached hydrogens (tertiary/aromatic N) is 1. The Kier molecular flexibility index (Phi) is 4.20. The van der Waals surface area contributed by atoms with Gasteiger partial charge in [-0.05, 0) is 33.5 Å². The molecule has 0 spiro atoms. The summed E-state index contributed by atoms with van der Waals surface area (Å²) in [5.41, 5.74) is 0.0936. The van der Waals surface area contributed by atoms with E-state index in [1.54, 1.807) is 6.20 Å². The molecule has 14 heavy (non-hydrogen) atoms. The average Bonchev–Trinajstić information content (AvgIpc) is 2.17. The minimum Gasteiger partial charge on any atom is -0.369 e. The molecule has 0 saturated carbocycles. The van der Waals surface area contributed by atoms with Crippen LogP contribution in [0.1, 0.15) is 13.8 Å². The second-order valence-electron chi connectivity index (χ2n) is 4.01. The van der Waals surface area contributed by atoms with Crippen LogP contribution in [0.4, 0.5) is 5.82 Å². The smallest absolute Gasteiger partial charge is 0.125 e. The molecule has 1 aromatic rings. The van der Waals surface area contributed by atoms with Gasteiger partial charge in [-0.25, -0.2) is 4.98 Å². The summed E-state index contributed by atoms with van der Waals surface area (Å²) in [7, 11) is 0. The first-order valence-corrected chi connectivity index (χ1v) is 5.78. The van der Waals surface area contributed by atoms with Crippen LogP contribution in [0, 0.1) is 5.41 Å². The third-order valence-electron chi connectivity index (χ3n) is 1.84. The Hall–Kier alpha value is -0.280. The first-order chi connectivity index (χ1) is 6.53. The summed E-state index contributed by atoms with van der Waals surface area (Å²) >= 11 is 9.16. The van der Waals surface area contributed by atoms with Crippen LogP contribution in [-0.4, -0.2) is 17.4 Å². The average molecular weight is 278 g/mol. The van der Waals surface area contributed by atoms with Gasteiger partial charge in [-0.15, -0.1) is 11.6 Å². The molecule has 0 aliphatic carbocycles. The minimum absolute atomic E-state index is 0.0936. The summed E-state index contributed by atoms with van der Waals surface area (Å²) < 4.78 is 0.986. The topological polar surface area (TPSA) is 24.9 Å². The van der Waals surface area contributed by atoms with E-state index in [0.29, 0.717) is 5.88 Å². The zero-order chi connectivity index (χ0) is 10.6. The number of hydrogen-bond donors (Lipinski definition) is 1. The van der Waals surface area contributed by atoms with Crippen LogP contribution in [0.3, 0.4) is 0 Å². The first kappa shape index (κ1) is 11.8. The predicted molar refractivity (Wildman–Crippen MR) is 64.9 cm³/mol. The highest BCUT2D eigenvalue weighted by Crippen LogP contribution is 2.18. The lowest BCUT2D eigenvalue weighted by molar-refractivity contribution is 0.449. The van der Waals surface area contributed by atoms with Gasteiger partial charge < -0.3 is 5.32 Å². The van der Waals surface area contributed by atoms with Crippen molar-refractivity contribution in [1.82, 2.24) is 4.98 Å². The molecule has 0 bridgehead atoms. The molecule has 78 valence electrons. The first-order valence-electron chi connectivity index (χ1n) is 4.45. The van der Waals surface area contributed by atoms with Crippen LogP contribution in [0.15, 0.2) is 22.8 Å². The molecule has 0 saturated heterocycles. The fraction of sp³-hybridized carbons (Fsp3) is 0.500. The molecule has 0 amide bonds. The quantitative estimate of drug-likeness (QED) is 0.852. The number of hydrogen-bond acceptors (Lipinski definition) is 2. The lowest BCUT2D eigenvalue weighted by atomic mass is 9.97. The maximum Gasteiger partial charge on any atom is 0.125 e. The highest BCUT2D eigenvalue weighted by molar-refractivity contribution is 9.10.